The topological polar surface area (TPSA) is 42.9 Å². The summed E-state index contributed by atoms with van der Waals surface area (Å²) in [6.07, 6.45) is 0. The Labute approximate surface area is 338 Å². The molecule has 274 valence electrons. The molecule has 1 aromatic heterocycles. The summed E-state index contributed by atoms with van der Waals surface area (Å²) >= 11 is 0. The van der Waals surface area contributed by atoms with Crippen LogP contribution in [0.25, 0.3) is 77.7 Å². The second-order valence-corrected chi connectivity index (χ2v) is 17.2. The summed E-state index contributed by atoms with van der Waals surface area (Å²) in [6, 6.07) is 76.8. The molecule has 0 aliphatic carbocycles. The molecule has 0 unspecified atom stereocenters. The maximum atomic E-state index is 15.5. The molecular weight excluding hydrogens is 724 g/mol. The highest BCUT2D eigenvalue weighted by atomic mass is 31.2. The molecule has 10 aromatic rings. The quantitative estimate of drug-likeness (QED) is 0.114. The van der Waals surface area contributed by atoms with E-state index in [0.29, 0.717) is 5.82 Å². The van der Waals surface area contributed by atoms with Crippen molar-refractivity contribution in [2.24, 2.45) is 0 Å². The van der Waals surface area contributed by atoms with E-state index in [4.69, 9.17) is 9.97 Å². The lowest BCUT2D eigenvalue weighted by Gasteiger charge is -2.22. The maximum absolute atomic E-state index is 15.5. The Morgan fingerprint density at radius 1 is 0.293 bits per heavy atom. The Bertz CT molecular complexity index is 2970. The molecule has 3 nitrogen and oxygen atoms in total. The highest BCUT2D eigenvalue weighted by Gasteiger charge is 2.30. The van der Waals surface area contributed by atoms with Crippen LogP contribution in [0.1, 0.15) is 0 Å². The fourth-order valence-electron chi connectivity index (χ4n) is 8.23. The SMILES string of the molecule is O=P(c1ccccc1)(c1ccccc1)c1cccc(-c2c3ccccc3c(-c3cccc(-c4cc(-c5ccccc5)nc(-c5ccccc5)n4)c3)c3ccccc23)c1. The van der Waals surface area contributed by atoms with Gasteiger partial charge in [0.1, 0.15) is 0 Å². The Morgan fingerprint density at radius 2 is 0.655 bits per heavy atom. The van der Waals surface area contributed by atoms with Crippen LogP contribution in [-0.2, 0) is 4.57 Å². The van der Waals surface area contributed by atoms with E-state index in [2.05, 4.69) is 121 Å². The van der Waals surface area contributed by atoms with Crippen LogP contribution in [0.3, 0.4) is 0 Å². The van der Waals surface area contributed by atoms with Crippen molar-refractivity contribution < 1.29 is 4.57 Å². The van der Waals surface area contributed by atoms with E-state index in [1.165, 1.54) is 0 Å². The van der Waals surface area contributed by atoms with Crippen LogP contribution in [0.5, 0.6) is 0 Å². The van der Waals surface area contributed by atoms with Crippen molar-refractivity contribution in [3.8, 4) is 56.2 Å². The maximum Gasteiger partial charge on any atom is 0.171 e. The zero-order valence-corrected chi connectivity index (χ0v) is 32.5. The van der Waals surface area contributed by atoms with Gasteiger partial charge in [0.15, 0.2) is 13.0 Å². The van der Waals surface area contributed by atoms with Crippen LogP contribution < -0.4 is 15.9 Å². The molecule has 0 atom stereocenters. The van der Waals surface area contributed by atoms with Crippen LogP contribution >= 0.6 is 7.14 Å². The lowest BCUT2D eigenvalue weighted by atomic mass is 9.85. The Balaban J connectivity index is 1.16. The molecule has 0 spiro atoms. The standard InChI is InChI=1S/C54H37N2OP/c57-58(43-26-9-3-10-27-43,44-28-11-4-12-29-44)45-30-18-25-42(36-45)53-48-33-15-13-31-46(48)52(47-32-14-16-34-49(47)53)41-24-17-23-40(35-41)51-37-50(38-19-5-1-6-20-38)55-54(56-51)39-21-7-2-8-22-39/h1-37H. The summed E-state index contributed by atoms with van der Waals surface area (Å²) < 4.78 is 15.5. The van der Waals surface area contributed by atoms with E-state index < -0.39 is 7.14 Å². The van der Waals surface area contributed by atoms with Gasteiger partial charge in [-0.15, -0.1) is 0 Å². The lowest BCUT2D eigenvalue weighted by molar-refractivity contribution is 0.592. The number of nitrogens with zero attached hydrogens (tertiary/aromatic N) is 2. The lowest BCUT2D eigenvalue weighted by Crippen LogP contribution is -2.25. The number of hydrogen-bond acceptors (Lipinski definition) is 3. The fraction of sp³-hybridized carbons (Fsp3) is 0. The van der Waals surface area contributed by atoms with Crippen molar-refractivity contribution in [2.45, 2.75) is 0 Å². The van der Waals surface area contributed by atoms with Gasteiger partial charge in [0.2, 0.25) is 0 Å². The highest BCUT2D eigenvalue weighted by molar-refractivity contribution is 7.85. The van der Waals surface area contributed by atoms with E-state index in [9.17, 15) is 0 Å². The molecule has 0 fully saturated rings. The second kappa shape index (κ2) is 15.0. The number of fused-ring (bicyclic) bond motifs is 2. The molecule has 4 heteroatoms. The van der Waals surface area contributed by atoms with Gasteiger partial charge in [0.25, 0.3) is 0 Å². The Morgan fingerprint density at radius 3 is 1.17 bits per heavy atom. The van der Waals surface area contributed by atoms with Crippen molar-refractivity contribution in [1.82, 2.24) is 9.97 Å². The van der Waals surface area contributed by atoms with Crippen LogP contribution in [0, 0.1) is 0 Å². The number of benzene rings is 9. The summed E-state index contributed by atoms with van der Waals surface area (Å²) in [7, 11) is -3.19. The number of hydrogen-bond donors (Lipinski definition) is 0. The smallest absolute Gasteiger partial charge is 0.171 e. The molecular formula is C54H37N2OP. The largest absolute Gasteiger partial charge is 0.309 e. The first-order valence-electron chi connectivity index (χ1n) is 19.5. The molecule has 9 aromatic carbocycles. The van der Waals surface area contributed by atoms with Gasteiger partial charge in [0, 0.05) is 32.6 Å². The minimum atomic E-state index is -3.19. The minimum Gasteiger partial charge on any atom is -0.309 e. The predicted molar refractivity (Wildman–Crippen MR) is 244 cm³/mol. The van der Waals surface area contributed by atoms with Gasteiger partial charge in [-0.25, -0.2) is 9.97 Å². The summed E-state index contributed by atoms with van der Waals surface area (Å²) in [4.78, 5) is 10.2. The normalized spacial score (nSPS) is 11.5. The van der Waals surface area contributed by atoms with Crippen molar-refractivity contribution in [2.75, 3.05) is 0 Å². The van der Waals surface area contributed by atoms with E-state index in [-0.39, 0.29) is 0 Å². The molecule has 10 rings (SSSR count). The molecule has 0 radical (unpaired) electrons. The second-order valence-electron chi connectivity index (χ2n) is 14.4. The van der Waals surface area contributed by atoms with Gasteiger partial charge in [-0.3, -0.25) is 0 Å². The summed E-state index contributed by atoms with van der Waals surface area (Å²) in [5.74, 6) is 0.689. The zero-order valence-electron chi connectivity index (χ0n) is 31.6. The minimum absolute atomic E-state index is 0.689. The molecule has 0 aliphatic heterocycles. The summed E-state index contributed by atoms with van der Waals surface area (Å²) in [6.45, 7) is 0. The summed E-state index contributed by atoms with van der Waals surface area (Å²) in [5.41, 5.74) is 9.17. The van der Waals surface area contributed by atoms with E-state index in [1.54, 1.807) is 0 Å². The van der Waals surface area contributed by atoms with E-state index in [1.807, 2.05) is 103 Å². The average Bonchev–Trinajstić information content (AvgIpc) is 3.31. The Kier molecular flexibility index (Phi) is 9.14. The van der Waals surface area contributed by atoms with Gasteiger partial charge < -0.3 is 4.57 Å². The van der Waals surface area contributed by atoms with Crippen LogP contribution in [0.2, 0.25) is 0 Å². The van der Waals surface area contributed by atoms with Crippen LogP contribution in [-0.4, -0.2) is 9.97 Å². The van der Waals surface area contributed by atoms with Crippen molar-refractivity contribution >= 4 is 44.6 Å². The number of aromatic nitrogens is 2. The monoisotopic (exact) mass is 760 g/mol. The third-order valence-electron chi connectivity index (χ3n) is 10.9. The van der Waals surface area contributed by atoms with Gasteiger partial charge in [-0.2, -0.15) is 0 Å². The molecule has 0 aliphatic rings. The van der Waals surface area contributed by atoms with Crippen molar-refractivity contribution in [3.63, 3.8) is 0 Å². The van der Waals surface area contributed by atoms with Crippen molar-refractivity contribution in [3.05, 3.63) is 224 Å². The molecule has 58 heavy (non-hydrogen) atoms. The molecule has 1 heterocycles. The zero-order chi connectivity index (χ0) is 38.9. The third-order valence-corrected chi connectivity index (χ3v) is 14.0. The first-order valence-corrected chi connectivity index (χ1v) is 21.2. The first-order chi connectivity index (χ1) is 28.6. The van der Waals surface area contributed by atoms with Crippen molar-refractivity contribution in [1.29, 1.82) is 0 Å². The molecule has 0 N–H and O–H groups in total. The molecule has 0 saturated carbocycles. The predicted octanol–water partition coefficient (Wildman–Crippen LogP) is 12.8. The van der Waals surface area contributed by atoms with Crippen LogP contribution in [0.15, 0.2) is 224 Å². The van der Waals surface area contributed by atoms with Crippen LogP contribution in [0.4, 0.5) is 0 Å². The summed E-state index contributed by atoms with van der Waals surface area (Å²) in [5, 5.41) is 7.00. The van der Waals surface area contributed by atoms with Gasteiger partial charge in [-0.1, -0.05) is 206 Å². The van der Waals surface area contributed by atoms with Gasteiger partial charge in [-0.05, 0) is 62.0 Å². The number of rotatable bonds is 8. The first kappa shape index (κ1) is 35.2. The highest BCUT2D eigenvalue weighted by Crippen LogP contribution is 2.47. The van der Waals surface area contributed by atoms with E-state index in [0.717, 1.165) is 87.8 Å². The van der Waals surface area contributed by atoms with Gasteiger partial charge in [0.05, 0.1) is 11.4 Å². The van der Waals surface area contributed by atoms with Gasteiger partial charge >= 0.3 is 0 Å². The Hall–Kier alpha value is -7.19. The average molecular weight is 761 g/mol. The fourth-order valence-corrected chi connectivity index (χ4v) is 10.9. The molecule has 0 amide bonds. The van der Waals surface area contributed by atoms with E-state index >= 15 is 4.57 Å². The molecule has 0 bridgehead atoms. The molecule has 0 saturated heterocycles. The third kappa shape index (κ3) is 6.33.